The summed E-state index contributed by atoms with van der Waals surface area (Å²) in [5.74, 6) is -0.00191. The molecule has 20 heavy (non-hydrogen) atoms. The summed E-state index contributed by atoms with van der Waals surface area (Å²) in [6.45, 7) is 10.1. The molecule has 0 fully saturated rings. The van der Waals surface area contributed by atoms with Crippen LogP contribution in [0.4, 0.5) is 5.69 Å². The molecule has 3 N–H and O–H groups in total. The predicted octanol–water partition coefficient (Wildman–Crippen LogP) is 3.87. The zero-order chi connectivity index (χ0) is 15.1. The van der Waals surface area contributed by atoms with E-state index in [1.807, 2.05) is 31.2 Å². The first kappa shape index (κ1) is 15.8. The maximum absolute atomic E-state index is 11.0. The first-order valence-corrected chi connectivity index (χ1v) is 6.65. The first-order chi connectivity index (χ1) is 9.47. The van der Waals surface area contributed by atoms with E-state index in [4.69, 9.17) is 5.73 Å². The summed E-state index contributed by atoms with van der Waals surface area (Å²) in [5, 5.41) is 3.30. The summed E-state index contributed by atoms with van der Waals surface area (Å²) in [6.07, 6.45) is 5.93. The second-order valence-corrected chi connectivity index (χ2v) is 4.81. The van der Waals surface area contributed by atoms with Gasteiger partial charge in [0, 0.05) is 16.9 Å². The molecule has 0 atom stereocenters. The molecular weight excluding hydrogens is 248 g/mol. The van der Waals surface area contributed by atoms with Gasteiger partial charge in [0.05, 0.1) is 0 Å². The van der Waals surface area contributed by atoms with Crippen LogP contribution >= 0.6 is 0 Å². The Labute approximate surface area is 120 Å². The molecule has 1 amide bonds. The molecular formula is C17H22N2O. The Kier molecular flexibility index (Phi) is 5.78. The predicted molar refractivity (Wildman–Crippen MR) is 85.5 cm³/mol. The van der Waals surface area contributed by atoms with Crippen molar-refractivity contribution in [3.05, 3.63) is 65.9 Å². The number of amides is 1. The van der Waals surface area contributed by atoms with E-state index < -0.39 is 5.91 Å². The van der Waals surface area contributed by atoms with E-state index in [1.165, 1.54) is 5.57 Å². The van der Waals surface area contributed by atoms with Crippen molar-refractivity contribution in [3.63, 3.8) is 0 Å². The van der Waals surface area contributed by atoms with Crippen molar-refractivity contribution in [2.75, 3.05) is 5.32 Å². The van der Waals surface area contributed by atoms with E-state index in [0.29, 0.717) is 11.5 Å². The summed E-state index contributed by atoms with van der Waals surface area (Å²) >= 11 is 0. The van der Waals surface area contributed by atoms with Gasteiger partial charge >= 0.3 is 0 Å². The van der Waals surface area contributed by atoms with Crippen LogP contribution in [-0.2, 0) is 0 Å². The minimum absolute atomic E-state index is 0.418. The third kappa shape index (κ3) is 4.43. The molecule has 1 aromatic carbocycles. The van der Waals surface area contributed by atoms with Crippen molar-refractivity contribution in [3.8, 4) is 0 Å². The van der Waals surface area contributed by atoms with Crippen LogP contribution in [0.3, 0.4) is 0 Å². The number of carbonyl (C=O) groups is 1. The lowest BCUT2D eigenvalue weighted by molar-refractivity contribution is 0.100. The number of anilines is 1. The Morgan fingerprint density at radius 1 is 1.30 bits per heavy atom. The van der Waals surface area contributed by atoms with Crippen LogP contribution in [0.5, 0.6) is 0 Å². The number of benzene rings is 1. The molecule has 0 unspecified atom stereocenters. The van der Waals surface area contributed by atoms with Crippen molar-refractivity contribution in [1.82, 2.24) is 0 Å². The second kappa shape index (κ2) is 7.34. The average molecular weight is 270 g/mol. The molecule has 0 aliphatic carbocycles. The van der Waals surface area contributed by atoms with Crippen molar-refractivity contribution >= 4 is 11.6 Å². The Balaban J connectivity index is 2.89. The molecule has 0 saturated heterocycles. The molecule has 1 rings (SSSR count). The maximum atomic E-state index is 11.0. The highest BCUT2D eigenvalue weighted by atomic mass is 16.1. The van der Waals surface area contributed by atoms with Crippen LogP contribution in [0.2, 0.25) is 0 Å². The van der Waals surface area contributed by atoms with Gasteiger partial charge in [-0.2, -0.15) is 0 Å². The van der Waals surface area contributed by atoms with Gasteiger partial charge < -0.3 is 11.1 Å². The van der Waals surface area contributed by atoms with Gasteiger partial charge in [-0.25, -0.2) is 0 Å². The van der Waals surface area contributed by atoms with Gasteiger partial charge in [0.1, 0.15) is 0 Å². The summed E-state index contributed by atoms with van der Waals surface area (Å²) in [4.78, 5) is 11.0. The highest BCUT2D eigenvalue weighted by Gasteiger charge is 2.02. The minimum atomic E-state index is -0.420. The highest BCUT2D eigenvalue weighted by molar-refractivity contribution is 5.93. The van der Waals surface area contributed by atoms with Gasteiger partial charge in [-0.05, 0) is 48.8 Å². The van der Waals surface area contributed by atoms with Crippen molar-refractivity contribution in [2.45, 2.75) is 20.8 Å². The molecule has 0 saturated carbocycles. The van der Waals surface area contributed by atoms with Crippen LogP contribution in [0.1, 0.15) is 31.1 Å². The number of rotatable bonds is 6. The lowest BCUT2D eigenvalue weighted by atomic mass is 10.0. The molecule has 0 aliphatic heterocycles. The third-order valence-electron chi connectivity index (χ3n) is 2.99. The summed E-state index contributed by atoms with van der Waals surface area (Å²) in [6, 6.07) is 7.08. The van der Waals surface area contributed by atoms with Crippen molar-refractivity contribution in [2.24, 2.45) is 11.7 Å². The molecule has 0 heterocycles. The molecule has 106 valence electrons. The fraction of sp³-hybridized carbons (Fsp3) is 0.235. The Morgan fingerprint density at radius 2 is 1.90 bits per heavy atom. The Bertz CT molecular complexity index is 537. The number of allylic oxidation sites excluding steroid dienone is 4. The fourth-order valence-corrected chi connectivity index (χ4v) is 1.72. The van der Waals surface area contributed by atoms with E-state index in [-0.39, 0.29) is 0 Å². The maximum Gasteiger partial charge on any atom is 0.248 e. The molecule has 3 heteroatoms. The van der Waals surface area contributed by atoms with Gasteiger partial charge in [0.15, 0.2) is 0 Å². The molecule has 0 bridgehead atoms. The zero-order valence-corrected chi connectivity index (χ0v) is 12.3. The number of nitrogens with two attached hydrogens (primary N) is 1. The van der Waals surface area contributed by atoms with Crippen molar-refractivity contribution in [1.29, 1.82) is 0 Å². The molecule has 0 spiro atoms. The lowest BCUT2D eigenvalue weighted by Crippen LogP contribution is -2.10. The van der Waals surface area contributed by atoms with E-state index >= 15 is 0 Å². The van der Waals surface area contributed by atoms with Gasteiger partial charge in [-0.3, -0.25) is 4.79 Å². The molecule has 0 radical (unpaired) electrons. The Morgan fingerprint density at radius 3 is 2.30 bits per heavy atom. The number of primary amides is 1. The number of nitrogens with one attached hydrogen (secondary N) is 1. The van der Waals surface area contributed by atoms with Gasteiger partial charge in [-0.1, -0.05) is 32.6 Å². The van der Waals surface area contributed by atoms with Crippen LogP contribution in [0.15, 0.2) is 60.3 Å². The van der Waals surface area contributed by atoms with Crippen LogP contribution in [0, 0.1) is 5.92 Å². The third-order valence-corrected chi connectivity index (χ3v) is 2.99. The summed E-state index contributed by atoms with van der Waals surface area (Å²) in [7, 11) is 0. The van der Waals surface area contributed by atoms with Crippen LogP contribution < -0.4 is 11.1 Å². The smallest absolute Gasteiger partial charge is 0.248 e. The average Bonchev–Trinajstić information content (AvgIpc) is 2.43. The zero-order valence-electron chi connectivity index (χ0n) is 12.3. The summed E-state index contributed by atoms with van der Waals surface area (Å²) < 4.78 is 0. The number of hydrogen-bond donors (Lipinski definition) is 2. The lowest BCUT2D eigenvalue weighted by Gasteiger charge is -2.11. The SMILES string of the molecule is C=C/C(=C\C(=C/C)Nc1ccc(C(N)=O)cc1)C(C)C. The standard InChI is InChI=1S/C17H22N2O/c1-5-13(12(3)4)11-15(6-2)19-16-9-7-14(8-10-16)17(18)20/h5-12,19H,1H2,2-4H3,(H2,18,20)/b13-11+,15-6+. The van der Waals surface area contributed by atoms with E-state index in [2.05, 4.69) is 31.8 Å². The van der Waals surface area contributed by atoms with Crippen LogP contribution in [0.25, 0.3) is 0 Å². The van der Waals surface area contributed by atoms with Crippen LogP contribution in [-0.4, -0.2) is 5.91 Å². The van der Waals surface area contributed by atoms with E-state index in [9.17, 15) is 4.79 Å². The minimum Gasteiger partial charge on any atom is -0.366 e. The van der Waals surface area contributed by atoms with Gasteiger partial charge in [0.25, 0.3) is 0 Å². The molecule has 0 aromatic heterocycles. The van der Waals surface area contributed by atoms with Crippen molar-refractivity contribution < 1.29 is 4.79 Å². The highest BCUT2D eigenvalue weighted by Crippen LogP contribution is 2.17. The fourth-order valence-electron chi connectivity index (χ4n) is 1.72. The quantitative estimate of drug-likeness (QED) is 0.771. The normalized spacial score (nSPS) is 12.4. The summed E-state index contributed by atoms with van der Waals surface area (Å²) in [5.41, 5.74) is 8.78. The van der Waals surface area contributed by atoms with Gasteiger partial charge in [0.2, 0.25) is 5.91 Å². The monoisotopic (exact) mass is 270 g/mol. The first-order valence-electron chi connectivity index (χ1n) is 6.65. The van der Waals surface area contributed by atoms with Gasteiger partial charge in [-0.15, -0.1) is 0 Å². The Hall–Kier alpha value is -2.29. The topological polar surface area (TPSA) is 55.1 Å². The molecule has 1 aromatic rings. The molecule has 3 nitrogen and oxygen atoms in total. The van der Waals surface area contributed by atoms with E-state index in [1.54, 1.807) is 12.1 Å². The second-order valence-electron chi connectivity index (χ2n) is 4.81. The number of hydrogen-bond acceptors (Lipinski definition) is 2. The molecule has 0 aliphatic rings. The van der Waals surface area contributed by atoms with E-state index in [0.717, 1.165) is 11.4 Å². The number of carbonyl (C=O) groups excluding carboxylic acids is 1. The largest absolute Gasteiger partial charge is 0.366 e.